The van der Waals surface area contributed by atoms with Crippen molar-refractivity contribution in [2.45, 2.75) is 184 Å². The summed E-state index contributed by atoms with van der Waals surface area (Å²) in [4.78, 5) is 37.8. The second kappa shape index (κ2) is 30.0. The minimum absolute atomic E-state index is 0.144. The predicted molar refractivity (Wildman–Crippen MR) is 238 cm³/mol. The Labute approximate surface area is 381 Å². The summed E-state index contributed by atoms with van der Waals surface area (Å²) in [6, 6.07) is -1.15. The van der Waals surface area contributed by atoms with Crippen LogP contribution in [0.4, 0.5) is 0 Å². The second-order valence-electron chi connectivity index (χ2n) is 17.4. The van der Waals surface area contributed by atoms with Gasteiger partial charge in [-0.1, -0.05) is 86.8 Å². The number of carbonyl (C=O) groups is 3. The van der Waals surface area contributed by atoms with Crippen molar-refractivity contribution >= 4 is 17.7 Å². The number of nitrogens with two attached hydrogens (primary N) is 1. The molecule has 2 aliphatic rings. The molecule has 18 nitrogen and oxygen atoms in total. The Morgan fingerprint density at radius 1 is 0.615 bits per heavy atom. The van der Waals surface area contributed by atoms with E-state index in [1.54, 1.807) is 44.2 Å². The third-order valence-corrected chi connectivity index (χ3v) is 11.7. The number of aliphatic hydroxyl groups is 10. The van der Waals surface area contributed by atoms with Gasteiger partial charge in [-0.05, 0) is 52.4 Å². The molecule has 2 heterocycles. The van der Waals surface area contributed by atoms with E-state index in [2.05, 4.69) is 0 Å². The highest BCUT2D eigenvalue weighted by atomic mass is 16.7. The molecule has 1 saturated heterocycles. The van der Waals surface area contributed by atoms with Crippen LogP contribution >= 0.6 is 0 Å². The number of aliphatic carboxylic acids is 1. The lowest BCUT2D eigenvalue weighted by atomic mass is 9.88. The fourth-order valence-electron chi connectivity index (χ4n) is 7.45. The number of Topliss-reactive ketones (excluding diaryl/α,β-unsaturated/α-hetero) is 1. The van der Waals surface area contributed by atoms with Gasteiger partial charge in [0.15, 0.2) is 6.29 Å². The third kappa shape index (κ3) is 21.4. The van der Waals surface area contributed by atoms with E-state index in [-0.39, 0.29) is 31.6 Å². The van der Waals surface area contributed by atoms with Gasteiger partial charge >= 0.3 is 11.9 Å². The Hall–Kier alpha value is -3.47. The molecule has 0 aliphatic carbocycles. The van der Waals surface area contributed by atoms with Crippen LogP contribution in [0.25, 0.3) is 0 Å². The normalized spacial score (nSPS) is 42.5. The summed E-state index contributed by atoms with van der Waals surface area (Å²) in [5.74, 6) is -5.88. The molecule has 370 valence electrons. The van der Waals surface area contributed by atoms with Crippen LogP contribution in [0.3, 0.4) is 0 Å². The van der Waals surface area contributed by atoms with Crippen LogP contribution in [0.1, 0.15) is 91.9 Å². The highest BCUT2D eigenvalue weighted by Gasteiger charge is 2.43. The number of esters is 1. The fraction of sp³-hybridized carbons (Fsp3) is 0.681. The highest BCUT2D eigenvalue weighted by Crippen LogP contribution is 2.26. The third-order valence-electron chi connectivity index (χ3n) is 11.7. The van der Waals surface area contributed by atoms with Crippen LogP contribution in [-0.4, -0.2) is 166 Å². The first-order valence-electron chi connectivity index (χ1n) is 22.4. The number of carboxylic acids is 1. The van der Waals surface area contributed by atoms with Crippen molar-refractivity contribution in [3.63, 3.8) is 0 Å². The van der Waals surface area contributed by atoms with Crippen LogP contribution in [0.5, 0.6) is 0 Å². The lowest BCUT2D eigenvalue weighted by Gasteiger charge is -2.41. The maximum atomic E-state index is 12.9. The summed E-state index contributed by atoms with van der Waals surface area (Å²) < 4.78 is 17.0. The van der Waals surface area contributed by atoms with Crippen molar-refractivity contribution in [1.29, 1.82) is 0 Å². The van der Waals surface area contributed by atoms with E-state index >= 15 is 0 Å². The average Bonchev–Trinajstić information content (AvgIpc) is 3.22. The number of aliphatic hydroxyl groups excluding tert-OH is 10. The summed E-state index contributed by atoms with van der Waals surface area (Å²) in [6.07, 6.45) is 0.848. The van der Waals surface area contributed by atoms with E-state index in [1.165, 1.54) is 13.0 Å². The topological polar surface area (TPSA) is 327 Å². The molecular weight excluding hydrogens is 851 g/mol. The Morgan fingerprint density at radius 3 is 1.83 bits per heavy atom. The number of hydrogen-bond donors (Lipinski definition) is 12. The summed E-state index contributed by atoms with van der Waals surface area (Å²) in [5.41, 5.74) is 5.96. The molecule has 13 N–H and O–H groups in total. The number of cyclic esters (lactones) is 1. The first-order valence-corrected chi connectivity index (χ1v) is 22.4. The van der Waals surface area contributed by atoms with Gasteiger partial charge in [-0.2, -0.15) is 0 Å². The van der Waals surface area contributed by atoms with Gasteiger partial charge in [-0.3, -0.25) is 14.4 Å². The standard InChI is InChI=1S/C47H75NO17/c1-27-17-15-13-11-9-7-5-6-8-10-12-14-16-18-35(65-47-45(60)42(48)44(59)30(4)64-47)26-39(56)41(46(61)62)38(55)24-34(52)23-37(54)36(53)20-19-31(49)21-32(50)22-33(51)25-40(57)63-29(3)28(2)43(27)58/h5-6,8,10-18,27-33,35-39,41-45,47,49-51,53-56,58-60H,7,9,19-26,48H2,1-4H3,(H,61,62)/b6-5+,10-8+,13-11+,14-12+,17-15-,18-16+/t27-,28+,29-,30-,31+,32+,33+,35+,36-,37+,38-,39+,41-,42+,43-,44+,45+,47+/m1/s1. The number of ether oxygens (including phenoxy) is 3. The summed E-state index contributed by atoms with van der Waals surface area (Å²) in [6.45, 7) is 6.73. The molecule has 0 aromatic heterocycles. The molecule has 2 aliphatic heterocycles. The molecule has 2 rings (SSSR count). The maximum absolute atomic E-state index is 12.9. The van der Waals surface area contributed by atoms with E-state index < -0.39 is 147 Å². The molecule has 0 unspecified atom stereocenters. The monoisotopic (exact) mass is 926 g/mol. The van der Waals surface area contributed by atoms with Gasteiger partial charge in [0.2, 0.25) is 0 Å². The average molecular weight is 926 g/mol. The lowest BCUT2D eigenvalue weighted by molar-refractivity contribution is -0.277. The van der Waals surface area contributed by atoms with Gasteiger partial charge in [-0.15, -0.1) is 0 Å². The molecule has 0 aromatic rings. The van der Waals surface area contributed by atoms with E-state index in [0.29, 0.717) is 0 Å². The van der Waals surface area contributed by atoms with Crippen molar-refractivity contribution < 1.29 is 84.8 Å². The Kier molecular flexibility index (Phi) is 26.6. The molecule has 0 spiro atoms. The fourth-order valence-corrected chi connectivity index (χ4v) is 7.45. The zero-order valence-electron chi connectivity index (χ0n) is 37.8. The van der Waals surface area contributed by atoms with Crippen LogP contribution < -0.4 is 5.73 Å². The number of rotatable bonds is 3. The Bertz CT molecular complexity index is 1600. The summed E-state index contributed by atoms with van der Waals surface area (Å²) >= 11 is 0. The smallest absolute Gasteiger partial charge is 0.311 e. The number of ketones is 1. The zero-order chi connectivity index (χ0) is 48.8. The minimum Gasteiger partial charge on any atom is -0.481 e. The predicted octanol–water partition coefficient (Wildman–Crippen LogP) is 0.778. The second-order valence-corrected chi connectivity index (χ2v) is 17.4. The van der Waals surface area contributed by atoms with Gasteiger partial charge in [0, 0.05) is 31.1 Å². The number of carbonyl (C=O) groups excluding carboxylic acids is 2. The quantitative estimate of drug-likeness (QED) is 0.174. The lowest BCUT2D eigenvalue weighted by Crippen LogP contribution is -2.61. The molecule has 18 heteroatoms. The minimum atomic E-state index is -1.95. The van der Waals surface area contributed by atoms with Gasteiger partial charge in [0.1, 0.15) is 23.9 Å². The van der Waals surface area contributed by atoms with Gasteiger partial charge in [-0.25, -0.2) is 0 Å². The zero-order valence-corrected chi connectivity index (χ0v) is 37.8. The molecule has 0 amide bonds. The van der Waals surface area contributed by atoms with Crippen molar-refractivity contribution in [3.8, 4) is 0 Å². The molecule has 0 bridgehead atoms. The van der Waals surface area contributed by atoms with Crippen LogP contribution in [0.2, 0.25) is 0 Å². The first kappa shape index (κ1) is 57.7. The molecule has 0 saturated carbocycles. The summed E-state index contributed by atoms with van der Waals surface area (Å²) in [5, 5.41) is 116. The van der Waals surface area contributed by atoms with Crippen molar-refractivity contribution in [3.05, 3.63) is 72.9 Å². The Morgan fingerprint density at radius 2 is 1.18 bits per heavy atom. The SMILES string of the molecule is C[C@@H]1[C@H](O)[C@H](C)/C=C\C=C\CC/C=C/C=C/C=C/C=C/[C@H](O[C@@H]2O[C@H](C)[C@H](O)[C@H](N)[C@@H]2O)C[C@H](O)[C@H](C(=O)O)[C@H](O)CC(=O)C[C@H](O)[C@H](O)CC[C@H](O)C[C@H](O)C[C@H](O)CC(=O)O[C@@H]1C. The van der Waals surface area contributed by atoms with E-state index in [0.717, 1.165) is 12.8 Å². The molecule has 0 radical (unpaired) electrons. The highest BCUT2D eigenvalue weighted by molar-refractivity contribution is 5.81. The van der Waals surface area contributed by atoms with Crippen molar-refractivity contribution in [2.75, 3.05) is 0 Å². The number of carboxylic acid groups (broad SMARTS) is 1. The van der Waals surface area contributed by atoms with Crippen LogP contribution in [0, 0.1) is 17.8 Å². The van der Waals surface area contributed by atoms with Gasteiger partial charge in [0.25, 0.3) is 0 Å². The van der Waals surface area contributed by atoms with Gasteiger partial charge < -0.3 is 76.1 Å². The molecule has 18 atom stereocenters. The molecule has 1 fully saturated rings. The van der Waals surface area contributed by atoms with Crippen LogP contribution in [-0.2, 0) is 28.6 Å². The van der Waals surface area contributed by atoms with Crippen LogP contribution in [0.15, 0.2) is 72.9 Å². The maximum Gasteiger partial charge on any atom is 0.311 e. The molecule has 0 aromatic carbocycles. The van der Waals surface area contributed by atoms with E-state index in [4.69, 9.17) is 19.9 Å². The van der Waals surface area contributed by atoms with E-state index in [1.807, 2.05) is 43.4 Å². The Balaban J connectivity index is 2.26. The van der Waals surface area contributed by atoms with E-state index in [9.17, 15) is 70.6 Å². The molecule has 65 heavy (non-hydrogen) atoms. The first-order chi connectivity index (χ1) is 30.6. The van der Waals surface area contributed by atoms with Gasteiger partial charge in [0.05, 0.1) is 79.6 Å². The number of hydrogen-bond acceptors (Lipinski definition) is 17. The summed E-state index contributed by atoms with van der Waals surface area (Å²) in [7, 11) is 0. The molecular formula is C47H75NO17. The van der Waals surface area contributed by atoms with Crippen molar-refractivity contribution in [2.24, 2.45) is 23.5 Å². The van der Waals surface area contributed by atoms with Crippen molar-refractivity contribution in [1.82, 2.24) is 0 Å². The number of allylic oxidation sites excluding steroid dienone is 10. The largest absolute Gasteiger partial charge is 0.481 e.